The van der Waals surface area contributed by atoms with Gasteiger partial charge in [-0.1, -0.05) is 25.7 Å². The summed E-state index contributed by atoms with van der Waals surface area (Å²) in [5.74, 6) is 0.738. The minimum absolute atomic E-state index is 0.302. The normalized spacial score (nSPS) is 24.0. The number of hydrogen-bond donors (Lipinski definition) is 1. The number of aliphatic imine (C=N–C) groups is 1. The molecule has 122 valence electrons. The first-order chi connectivity index (χ1) is 10.2. The maximum Gasteiger partial charge on any atom is 0.191 e. The van der Waals surface area contributed by atoms with Crippen molar-refractivity contribution in [3.05, 3.63) is 0 Å². The van der Waals surface area contributed by atoms with Crippen LogP contribution in [-0.2, 0) is 0 Å². The van der Waals surface area contributed by atoms with Crippen LogP contribution >= 0.6 is 0 Å². The molecule has 0 aromatic rings. The number of nitrogens with two attached hydrogens (primary N) is 1. The molecule has 1 heterocycles. The molecule has 0 amide bonds. The molecule has 1 saturated heterocycles. The zero-order valence-electron chi connectivity index (χ0n) is 14.1. The first-order valence-electron chi connectivity index (χ1n) is 9.02. The lowest BCUT2D eigenvalue weighted by Crippen LogP contribution is -2.54. The van der Waals surface area contributed by atoms with Crippen molar-refractivity contribution in [2.24, 2.45) is 10.7 Å². The molecule has 0 atom stereocenters. The van der Waals surface area contributed by atoms with Crippen LogP contribution in [0.4, 0.5) is 0 Å². The third kappa shape index (κ3) is 4.12. The molecule has 1 saturated carbocycles. The maximum absolute atomic E-state index is 6.20. The lowest BCUT2D eigenvalue weighted by molar-refractivity contribution is 0.0406. The van der Waals surface area contributed by atoms with Crippen LogP contribution in [0.25, 0.3) is 0 Å². The quantitative estimate of drug-likeness (QED) is 0.626. The van der Waals surface area contributed by atoms with Crippen LogP contribution in [0.1, 0.15) is 65.2 Å². The predicted octanol–water partition coefficient (Wildman–Crippen LogP) is 2.83. The highest BCUT2D eigenvalue weighted by atomic mass is 15.3. The molecule has 1 aliphatic carbocycles. The molecule has 0 spiro atoms. The summed E-state index contributed by atoms with van der Waals surface area (Å²) in [7, 11) is 0. The largest absolute Gasteiger partial charge is 0.370 e. The lowest BCUT2D eigenvalue weighted by atomic mass is 9.79. The molecule has 0 radical (unpaired) electrons. The Kier molecular flexibility index (Phi) is 6.34. The van der Waals surface area contributed by atoms with Crippen LogP contribution in [0.2, 0.25) is 0 Å². The molecule has 2 fully saturated rings. The van der Waals surface area contributed by atoms with Gasteiger partial charge in [0.05, 0.1) is 6.54 Å². The Labute approximate surface area is 130 Å². The van der Waals surface area contributed by atoms with Crippen molar-refractivity contribution >= 4 is 5.96 Å². The van der Waals surface area contributed by atoms with E-state index < -0.39 is 0 Å². The molecule has 0 aromatic heterocycles. The van der Waals surface area contributed by atoms with E-state index in [-0.39, 0.29) is 0 Å². The van der Waals surface area contributed by atoms with Crippen LogP contribution in [0.15, 0.2) is 4.99 Å². The molecule has 4 nitrogen and oxygen atoms in total. The molecule has 0 bridgehead atoms. The van der Waals surface area contributed by atoms with Gasteiger partial charge >= 0.3 is 0 Å². The Morgan fingerprint density at radius 1 is 1.00 bits per heavy atom. The molecule has 2 aliphatic rings. The van der Waals surface area contributed by atoms with Crippen LogP contribution in [0, 0.1) is 0 Å². The fraction of sp³-hybridized carbons (Fsp3) is 0.941. The van der Waals surface area contributed by atoms with Gasteiger partial charge in [0.1, 0.15) is 0 Å². The van der Waals surface area contributed by atoms with E-state index in [0.29, 0.717) is 5.54 Å². The van der Waals surface area contributed by atoms with Gasteiger partial charge in [-0.05, 0) is 52.6 Å². The van der Waals surface area contributed by atoms with Gasteiger partial charge in [0.15, 0.2) is 5.96 Å². The second-order valence-corrected chi connectivity index (χ2v) is 6.68. The Balaban J connectivity index is 2.07. The highest BCUT2D eigenvalue weighted by molar-refractivity contribution is 5.78. The second kappa shape index (κ2) is 8.02. The van der Waals surface area contributed by atoms with Crippen LogP contribution < -0.4 is 5.73 Å². The Bertz CT molecular complexity index is 324. The first-order valence-corrected chi connectivity index (χ1v) is 9.02. The average Bonchev–Trinajstić information content (AvgIpc) is 2.56. The Morgan fingerprint density at radius 2 is 1.57 bits per heavy atom. The topological polar surface area (TPSA) is 44.9 Å². The van der Waals surface area contributed by atoms with Gasteiger partial charge in [0, 0.05) is 18.6 Å². The first kappa shape index (κ1) is 16.6. The van der Waals surface area contributed by atoms with E-state index >= 15 is 0 Å². The number of hydrogen-bond acceptors (Lipinski definition) is 2. The van der Waals surface area contributed by atoms with Gasteiger partial charge in [0.2, 0.25) is 0 Å². The number of likely N-dealkylation sites (tertiary alicyclic amines) is 1. The number of guanidine groups is 1. The van der Waals surface area contributed by atoms with E-state index in [9.17, 15) is 0 Å². The molecule has 21 heavy (non-hydrogen) atoms. The predicted molar refractivity (Wildman–Crippen MR) is 90.7 cm³/mol. The summed E-state index contributed by atoms with van der Waals surface area (Å²) in [5, 5.41) is 0. The van der Waals surface area contributed by atoms with Gasteiger partial charge in [-0.25, -0.2) is 0 Å². The minimum Gasteiger partial charge on any atom is -0.370 e. The molecule has 1 aliphatic heterocycles. The molecule has 0 aromatic carbocycles. The zero-order chi connectivity index (χ0) is 15.1. The molecular weight excluding hydrogens is 260 g/mol. The molecule has 2 N–H and O–H groups in total. The molecule has 0 unspecified atom stereocenters. The Hall–Kier alpha value is -0.770. The monoisotopic (exact) mass is 294 g/mol. The van der Waals surface area contributed by atoms with Crippen molar-refractivity contribution in [2.75, 3.05) is 32.7 Å². The lowest BCUT2D eigenvalue weighted by Gasteiger charge is -2.47. The maximum atomic E-state index is 6.20. The fourth-order valence-electron chi connectivity index (χ4n) is 4.03. The van der Waals surface area contributed by atoms with E-state index in [4.69, 9.17) is 10.7 Å². The van der Waals surface area contributed by atoms with E-state index in [1.807, 2.05) is 0 Å². The summed E-state index contributed by atoms with van der Waals surface area (Å²) in [4.78, 5) is 9.72. The van der Waals surface area contributed by atoms with Crippen molar-refractivity contribution in [3.8, 4) is 0 Å². The van der Waals surface area contributed by atoms with Gasteiger partial charge in [0.25, 0.3) is 0 Å². The molecule has 2 rings (SSSR count). The molecular formula is C17H34N4. The van der Waals surface area contributed by atoms with E-state index in [1.165, 1.54) is 64.5 Å². The van der Waals surface area contributed by atoms with Crippen LogP contribution in [0.3, 0.4) is 0 Å². The van der Waals surface area contributed by atoms with Gasteiger partial charge in [-0.2, -0.15) is 0 Å². The molecule has 4 heteroatoms. The second-order valence-electron chi connectivity index (χ2n) is 6.68. The van der Waals surface area contributed by atoms with Gasteiger partial charge in [-0.15, -0.1) is 0 Å². The van der Waals surface area contributed by atoms with Gasteiger partial charge in [-0.3, -0.25) is 9.89 Å². The highest BCUT2D eigenvalue weighted by Gasteiger charge is 2.38. The van der Waals surface area contributed by atoms with Crippen molar-refractivity contribution < 1.29 is 0 Å². The zero-order valence-corrected chi connectivity index (χ0v) is 14.1. The van der Waals surface area contributed by atoms with E-state index in [0.717, 1.165) is 25.6 Å². The Morgan fingerprint density at radius 3 is 2.14 bits per heavy atom. The van der Waals surface area contributed by atoms with Crippen LogP contribution in [-0.4, -0.2) is 54.0 Å². The summed E-state index contributed by atoms with van der Waals surface area (Å²) in [5.41, 5.74) is 6.50. The van der Waals surface area contributed by atoms with Crippen LogP contribution in [0.5, 0.6) is 0 Å². The SMILES string of the molecule is CCN(CC)C(N)=NCC1(N2CCCCC2)CCCCC1. The minimum atomic E-state index is 0.302. The number of piperidine rings is 1. The van der Waals surface area contributed by atoms with Crippen molar-refractivity contribution in [2.45, 2.75) is 70.8 Å². The third-order valence-corrected chi connectivity index (χ3v) is 5.43. The van der Waals surface area contributed by atoms with Crippen molar-refractivity contribution in [1.29, 1.82) is 0 Å². The van der Waals surface area contributed by atoms with Crippen molar-refractivity contribution in [3.63, 3.8) is 0 Å². The summed E-state index contributed by atoms with van der Waals surface area (Å²) in [6, 6.07) is 0. The summed E-state index contributed by atoms with van der Waals surface area (Å²) < 4.78 is 0. The van der Waals surface area contributed by atoms with Crippen molar-refractivity contribution in [1.82, 2.24) is 9.80 Å². The summed E-state index contributed by atoms with van der Waals surface area (Å²) in [6.07, 6.45) is 10.8. The number of rotatable bonds is 5. The van der Waals surface area contributed by atoms with Gasteiger partial charge < -0.3 is 10.6 Å². The standard InChI is InChI=1S/C17H34N4/c1-3-20(4-2)16(18)19-15-17(11-7-5-8-12-17)21-13-9-6-10-14-21/h3-15H2,1-2H3,(H2,18,19). The summed E-state index contributed by atoms with van der Waals surface area (Å²) >= 11 is 0. The average molecular weight is 294 g/mol. The highest BCUT2D eigenvalue weighted by Crippen LogP contribution is 2.35. The van der Waals surface area contributed by atoms with E-state index in [1.54, 1.807) is 0 Å². The third-order valence-electron chi connectivity index (χ3n) is 5.43. The number of nitrogens with zero attached hydrogens (tertiary/aromatic N) is 3. The smallest absolute Gasteiger partial charge is 0.191 e. The van der Waals surface area contributed by atoms with E-state index in [2.05, 4.69) is 23.6 Å². The fourth-order valence-corrected chi connectivity index (χ4v) is 4.03. The summed E-state index contributed by atoms with van der Waals surface area (Å²) in [6.45, 7) is 9.61.